The van der Waals surface area contributed by atoms with Gasteiger partial charge in [0, 0.05) is 49.4 Å². The van der Waals surface area contributed by atoms with Crippen LogP contribution in [0.3, 0.4) is 0 Å². The molecular weight excluding hydrogens is 651 g/mol. The summed E-state index contributed by atoms with van der Waals surface area (Å²) in [6.45, 7) is 0. The van der Waals surface area contributed by atoms with Crippen LogP contribution < -0.4 is 54.6 Å². The van der Waals surface area contributed by atoms with Gasteiger partial charge in [-0.3, -0.25) is 0 Å². The molecule has 0 amide bonds. The third-order valence-corrected chi connectivity index (χ3v) is 12.5. The zero-order valence-electron chi connectivity index (χ0n) is 32.7. The summed E-state index contributed by atoms with van der Waals surface area (Å²) >= 11 is 0. The molecule has 15 heteroatoms. The molecule has 0 radical (unpaired) electrons. The molecular formula is C39H33B10N3O2. The van der Waals surface area contributed by atoms with Crippen LogP contribution in [0.25, 0.3) is 89.2 Å². The van der Waals surface area contributed by atoms with Crippen LogP contribution in [0.15, 0.2) is 87.7 Å². The van der Waals surface area contributed by atoms with Gasteiger partial charge in [-0.25, -0.2) is 15.0 Å². The Kier molecular flexibility index (Phi) is 8.00. The number of fused-ring (bicyclic) bond motifs is 6. The zero-order valence-corrected chi connectivity index (χ0v) is 32.7. The van der Waals surface area contributed by atoms with Crippen LogP contribution in [0, 0.1) is 0 Å². The zero-order chi connectivity index (χ0) is 37.7. The summed E-state index contributed by atoms with van der Waals surface area (Å²) in [7, 11) is 22.0. The molecule has 246 valence electrons. The number of para-hydroxylation sites is 3. The maximum absolute atomic E-state index is 6.68. The maximum atomic E-state index is 6.68. The van der Waals surface area contributed by atoms with Crippen molar-refractivity contribution in [2.75, 3.05) is 0 Å². The molecule has 9 rings (SSSR count). The molecule has 0 bridgehead atoms. The van der Waals surface area contributed by atoms with Crippen molar-refractivity contribution >= 4 is 177 Å². The summed E-state index contributed by atoms with van der Waals surface area (Å²) in [6.07, 6.45) is 0. The minimum atomic E-state index is 0.638. The number of furan rings is 2. The Morgan fingerprint density at radius 1 is 0.352 bits per heavy atom. The van der Waals surface area contributed by atoms with Gasteiger partial charge in [-0.15, -0.1) is 32.8 Å². The molecule has 3 heterocycles. The van der Waals surface area contributed by atoms with Crippen molar-refractivity contribution in [3.8, 4) is 45.3 Å². The normalized spacial score (nSPS) is 11.7. The quantitative estimate of drug-likeness (QED) is 0.173. The highest BCUT2D eigenvalue weighted by Crippen LogP contribution is 2.41. The molecule has 0 atom stereocenters. The van der Waals surface area contributed by atoms with E-state index in [1.54, 1.807) is 0 Å². The first-order valence-corrected chi connectivity index (χ1v) is 18.7. The molecule has 5 nitrogen and oxygen atoms in total. The number of hydrogen-bond acceptors (Lipinski definition) is 5. The van der Waals surface area contributed by atoms with E-state index in [4.69, 9.17) is 23.8 Å². The lowest BCUT2D eigenvalue weighted by molar-refractivity contribution is 0.665. The lowest BCUT2D eigenvalue weighted by atomic mass is 9.60. The molecule has 0 aliphatic rings. The fourth-order valence-corrected chi connectivity index (χ4v) is 8.51. The standard InChI is InChI=1S/C39H33B10N3O2/c40-25-23(26(41)30(45)33(48)29(25)44)38-50-37(51-39(52-38)24-27(42)31(46)34(49)32(47)28(24)43)14-11-12-22-20(13-14)19-9-4-8-18(36(19)54-22)17-7-3-6-16-15-5-1-2-10-21(15)53-35(16)17/h1-13H,40-49H2. The fourth-order valence-electron chi connectivity index (χ4n) is 8.51. The molecule has 6 aromatic carbocycles. The molecule has 0 N–H and O–H groups in total. The number of benzene rings is 6. The van der Waals surface area contributed by atoms with E-state index < -0.39 is 0 Å². The smallest absolute Gasteiger partial charge is 0.164 e. The number of rotatable bonds is 4. The minimum absolute atomic E-state index is 0.638. The van der Waals surface area contributed by atoms with Crippen LogP contribution in [-0.4, -0.2) is 93.4 Å². The first-order chi connectivity index (χ1) is 25.9. The SMILES string of the molecule is Bc1c(B)c(B)c(-c2nc(-c3ccc4oc5c(-c6cccc7c6oc6ccccc67)cccc5c4c3)nc(-c3c(B)c(B)c(B)c(B)c3B)n2)c(B)c1B. The Labute approximate surface area is 323 Å². The third-order valence-electron chi connectivity index (χ3n) is 12.5. The van der Waals surface area contributed by atoms with Gasteiger partial charge in [0.1, 0.15) is 101 Å². The van der Waals surface area contributed by atoms with Crippen LogP contribution in [0.5, 0.6) is 0 Å². The Bertz CT molecular complexity index is 2940. The second-order valence-corrected chi connectivity index (χ2v) is 15.1. The van der Waals surface area contributed by atoms with Gasteiger partial charge in [-0.1, -0.05) is 76.4 Å². The predicted octanol–water partition coefficient (Wildman–Crippen LogP) is -7.08. The van der Waals surface area contributed by atoms with Gasteiger partial charge in [0.2, 0.25) is 0 Å². The van der Waals surface area contributed by atoms with Crippen molar-refractivity contribution in [3.63, 3.8) is 0 Å². The van der Waals surface area contributed by atoms with Crippen LogP contribution in [0.4, 0.5) is 0 Å². The van der Waals surface area contributed by atoms with Gasteiger partial charge >= 0.3 is 0 Å². The molecule has 0 aliphatic heterocycles. The Balaban J connectivity index is 1.28. The highest BCUT2D eigenvalue weighted by Gasteiger charge is 2.23. The second kappa shape index (κ2) is 12.6. The van der Waals surface area contributed by atoms with E-state index in [0.717, 1.165) is 71.7 Å². The molecule has 54 heavy (non-hydrogen) atoms. The topological polar surface area (TPSA) is 65.0 Å². The molecule has 3 aromatic heterocycles. The van der Waals surface area contributed by atoms with E-state index in [-0.39, 0.29) is 0 Å². The van der Waals surface area contributed by atoms with Crippen molar-refractivity contribution < 1.29 is 8.83 Å². The van der Waals surface area contributed by atoms with Crippen molar-refractivity contribution in [1.82, 2.24) is 15.0 Å². The van der Waals surface area contributed by atoms with E-state index in [9.17, 15) is 0 Å². The first kappa shape index (κ1) is 34.4. The monoisotopic (exact) mass is 685 g/mol. The largest absolute Gasteiger partial charge is 0.455 e. The van der Waals surface area contributed by atoms with Crippen LogP contribution >= 0.6 is 0 Å². The molecule has 0 saturated carbocycles. The average Bonchev–Trinajstić information content (AvgIpc) is 3.76. The molecule has 0 unspecified atom stereocenters. The highest BCUT2D eigenvalue weighted by molar-refractivity contribution is 6.69. The number of hydrogen-bond donors (Lipinski definition) is 0. The van der Waals surface area contributed by atoms with E-state index in [1.165, 1.54) is 54.6 Å². The summed E-state index contributed by atoms with van der Waals surface area (Å²) in [5, 5.41) is 4.23. The molecule has 0 fully saturated rings. The van der Waals surface area contributed by atoms with E-state index in [0.29, 0.717) is 17.5 Å². The van der Waals surface area contributed by atoms with Crippen LogP contribution in [0.2, 0.25) is 0 Å². The van der Waals surface area contributed by atoms with Crippen LogP contribution in [0.1, 0.15) is 0 Å². The van der Waals surface area contributed by atoms with Gasteiger partial charge in [0.15, 0.2) is 17.5 Å². The van der Waals surface area contributed by atoms with Gasteiger partial charge in [-0.05, 0) is 24.3 Å². The third kappa shape index (κ3) is 5.04. The predicted molar refractivity (Wildman–Crippen MR) is 258 cm³/mol. The first-order valence-electron chi connectivity index (χ1n) is 18.7. The summed E-state index contributed by atoms with van der Waals surface area (Å²) in [4.78, 5) is 15.9. The van der Waals surface area contributed by atoms with E-state index in [1.807, 2.05) is 18.2 Å². The van der Waals surface area contributed by atoms with Crippen molar-refractivity contribution in [3.05, 3.63) is 78.9 Å². The molecule has 0 saturated heterocycles. The number of aromatic nitrogens is 3. The van der Waals surface area contributed by atoms with Crippen molar-refractivity contribution in [1.29, 1.82) is 0 Å². The van der Waals surface area contributed by atoms with E-state index >= 15 is 0 Å². The molecule has 0 spiro atoms. The van der Waals surface area contributed by atoms with E-state index in [2.05, 4.69) is 139 Å². The Hall–Kier alpha value is -5.42. The van der Waals surface area contributed by atoms with Crippen molar-refractivity contribution in [2.45, 2.75) is 0 Å². The van der Waals surface area contributed by atoms with Gasteiger partial charge in [0.25, 0.3) is 0 Å². The summed E-state index contributed by atoms with van der Waals surface area (Å²) in [6, 6.07) is 27.2. The Morgan fingerprint density at radius 3 is 1.28 bits per heavy atom. The van der Waals surface area contributed by atoms with Crippen molar-refractivity contribution in [2.24, 2.45) is 0 Å². The Morgan fingerprint density at radius 2 is 0.759 bits per heavy atom. The summed E-state index contributed by atoms with van der Waals surface area (Å²) in [5.41, 5.74) is 20.9. The lowest BCUT2D eigenvalue weighted by Crippen LogP contribution is -2.55. The summed E-state index contributed by atoms with van der Waals surface area (Å²) < 4.78 is 13.1. The average molecular weight is 684 g/mol. The number of nitrogens with zero attached hydrogens (tertiary/aromatic N) is 3. The van der Waals surface area contributed by atoms with Gasteiger partial charge < -0.3 is 8.83 Å². The fraction of sp³-hybridized carbons (Fsp3) is 0. The summed E-state index contributed by atoms with van der Waals surface area (Å²) in [5.74, 6) is 2.03. The molecule has 9 aromatic rings. The van der Waals surface area contributed by atoms with Gasteiger partial charge in [0.05, 0.1) is 0 Å². The van der Waals surface area contributed by atoms with Gasteiger partial charge in [-0.2, -0.15) is 0 Å². The minimum Gasteiger partial charge on any atom is -0.455 e. The molecule has 0 aliphatic carbocycles. The van der Waals surface area contributed by atoms with Crippen LogP contribution in [-0.2, 0) is 0 Å². The second-order valence-electron chi connectivity index (χ2n) is 15.1. The highest BCUT2D eigenvalue weighted by atomic mass is 16.3. The maximum Gasteiger partial charge on any atom is 0.164 e. The lowest BCUT2D eigenvalue weighted by Gasteiger charge is -2.22.